The summed E-state index contributed by atoms with van der Waals surface area (Å²) in [7, 11) is 0. The number of anilines is 3. The molecule has 0 aliphatic heterocycles. The Kier molecular flexibility index (Phi) is 5.64. The van der Waals surface area contributed by atoms with Crippen molar-refractivity contribution in [2.45, 2.75) is 20.8 Å². The van der Waals surface area contributed by atoms with Crippen LogP contribution in [0.1, 0.15) is 19.4 Å². The number of nitrogens with zero attached hydrogens (tertiary/aromatic N) is 1. The summed E-state index contributed by atoms with van der Waals surface area (Å²) in [6.45, 7) is 6.13. The van der Waals surface area contributed by atoms with Crippen LogP contribution >= 0.6 is 11.3 Å². The molecular weight excluding hydrogens is 370 g/mol. The van der Waals surface area contributed by atoms with Crippen LogP contribution in [0.15, 0.2) is 97.1 Å². The molecule has 1 aromatic heterocycles. The topological polar surface area (TPSA) is 3.24 Å². The third-order valence-corrected chi connectivity index (χ3v) is 6.14. The van der Waals surface area contributed by atoms with Crippen LogP contribution in [0.2, 0.25) is 0 Å². The van der Waals surface area contributed by atoms with Gasteiger partial charge in [0, 0.05) is 26.8 Å². The molecule has 1 nitrogen and oxygen atoms in total. The number of thiophene rings is 1. The summed E-state index contributed by atoms with van der Waals surface area (Å²) in [6.07, 6.45) is 0. The van der Waals surface area contributed by atoms with Crippen molar-refractivity contribution in [2.24, 2.45) is 0 Å². The van der Waals surface area contributed by atoms with Crippen LogP contribution in [0.25, 0.3) is 20.2 Å². The first kappa shape index (κ1) is 19.2. The molecule has 5 rings (SSSR count). The molecule has 0 aliphatic carbocycles. The van der Waals surface area contributed by atoms with E-state index >= 15 is 0 Å². The molecule has 0 saturated heterocycles. The normalized spacial score (nSPS) is 10.6. The zero-order chi connectivity index (χ0) is 20.2. The van der Waals surface area contributed by atoms with Gasteiger partial charge in [-0.25, -0.2) is 0 Å². The lowest BCUT2D eigenvalue weighted by Gasteiger charge is -2.26. The Morgan fingerprint density at radius 3 is 1.97 bits per heavy atom. The number of aryl methyl sites for hydroxylation is 1. The fourth-order valence-corrected chi connectivity index (χ4v) is 4.81. The number of benzene rings is 4. The third kappa shape index (κ3) is 3.64. The first-order valence-electron chi connectivity index (χ1n) is 10.1. The quantitative estimate of drug-likeness (QED) is 0.295. The summed E-state index contributed by atoms with van der Waals surface area (Å²) in [5, 5.41) is 2.65. The van der Waals surface area contributed by atoms with Crippen LogP contribution in [-0.4, -0.2) is 0 Å². The lowest BCUT2D eigenvalue weighted by molar-refractivity contribution is 1.29. The SMILES string of the molecule is CC.Cc1ccc(N(c2ccccc2)c2cccc3c2sc2ccccc23)cc1. The molecule has 0 amide bonds. The van der Waals surface area contributed by atoms with Gasteiger partial charge < -0.3 is 4.90 Å². The minimum atomic E-state index is 1.17. The molecule has 0 fully saturated rings. The van der Waals surface area contributed by atoms with Crippen molar-refractivity contribution < 1.29 is 0 Å². The van der Waals surface area contributed by atoms with E-state index in [1.54, 1.807) is 0 Å². The summed E-state index contributed by atoms with van der Waals surface area (Å²) in [6, 6.07) is 34.7. The second-order valence-electron chi connectivity index (χ2n) is 6.76. The van der Waals surface area contributed by atoms with Gasteiger partial charge in [-0.05, 0) is 43.3 Å². The molecule has 0 N–H and O–H groups in total. The molecule has 2 heteroatoms. The molecule has 0 bridgehead atoms. The van der Waals surface area contributed by atoms with Gasteiger partial charge in [0.05, 0.1) is 10.4 Å². The highest BCUT2D eigenvalue weighted by Crippen LogP contribution is 2.44. The Balaban J connectivity index is 0.000000994. The van der Waals surface area contributed by atoms with Gasteiger partial charge in [-0.3, -0.25) is 0 Å². The highest BCUT2D eigenvalue weighted by molar-refractivity contribution is 7.26. The minimum Gasteiger partial charge on any atom is -0.309 e. The average molecular weight is 396 g/mol. The van der Waals surface area contributed by atoms with E-state index in [9.17, 15) is 0 Å². The molecule has 144 valence electrons. The van der Waals surface area contributed by atoms with Gasteiger partial charge in [0.25, 0.3) is 0 Å². The van der Waals surface area contributed by atoms with E-state index in [0.29, 0.717) is 0 Å². The molecule has 0 saturated carbocycles. The molecule has 5 aromatic rings. The zero-order valence-electron chi connectivity index (χ0n) is 17.1. The van der Waals surface area contributed by atoms with Crippen molar-refractivity contribution in [3.63, 3.8) is 0 Å². The van der Waals surface area contributed by atoms with Gasteiger partial charge in [-0.15, -0.1) is 11.3 Å². The first-order valence-corrected chi connectivity index (χ1v) is 10.9. The summed E-state index contributed by atoms with van der Waals surface area (Å²) in [4.78, 5) is 2.36. The Bertz CT molecular complexity index is 1220. The van der Waals surface area contributed by atoms with E-state index < -0.39 is 0 Å². The summed E-state index contributed by atoms with van der Waals surface area (Å²) in [5.74, 6) is 0. The molecule has 0 unspecified atom stereocenters. The monoisotopic (exact) mass is 395 g/mol. The molecule has 0 radical (unpaired) electrons. The second kappa shape index (κ2) is 8.50. The fourth-order valence-electron chi connectivity index (χ4n) is 3.61. The van der Waals surface area contributed by atoms with E-state index in [1.165, 1.54) is 42.8 Å². The maximum absolute atomic E-state index is 2.36. The van der Waals surface area contributed by atoms with Crippen LogP contribution in [0.5, 0.6) is 0 Å². The van der Waals surface area contributed by atoms with Crippen molar-refractivity contribution >= 4 is 48.6 Å². The summed E-state index contributed by atoms with van der Waals surface area (Å²) in [5.41, 5.74) is 4.85. The van der Waals surface area contributed by atoms with Crippen LogP contribution in [-0.2, 0) is 0 Å². The van der Waals surface area contributed by atoms with Crippen molar-refractivity contribution in [3.8, 4) is 0 Å². The smallest absolute Gasteiger partial charge is 0.0640 e. The molecule has 0 spiro atoms. The van der Waals surface area contributed by atoms with Crippen LogP contribution < -0.4 is 4.90 Å². The number of hydrogen-bond donors (Lipinski definition) is 0. The van der Waals surface area contributed by atoms with Crippen molar-refractivity contribution in [3.05, 3.63) is 103 Å². The summed E-state index contributed by atoms with van der Waals surface area (Å²) >= 11 is 1.87. The van der Waals surface area contributed by atoms with E-state index in [0.717, 1.165) is 0 Å². The van der Waals surface area contributed by atoms with E-state index in [2.05, 4.69) is 109 Å². The maximum Gasteiger partial charge on any atom is 0.0640 e. The molecule has 29 heavy (non-hydrogen) atoms. The Morgan fingerprint density at radius 1 is 0.586 bits per heavy atom. The van der Waals surface area contributed by atoms with Crippen LogP contribution in [0.3, 0.4) is 0 Å². The molecule has 0 atom stereocenters. The number of rotatable bonds is 3. The molecular formula is C27H25NS. The standard InChI is InChI=1S/C25H19NS.C2H6/c1-18-14-16-20(17-15-18)26(19-8-3-2-4-9-19)23-12-7-11-22-21-10-5-6-13-24(21)27-25(22)23;1-2/h2-17H,1H3;1-2H3. The number of hydrogen-bond acceptors (Lipinski definition) is 2. The summed E-state index contributed by atoms with van der Waals surface area (Å²) < 4.78 is 2.65. The van der Waals surface area contributed by atoms with Gasteiger partial charge >= 0.3 is 0 Å². The van der Waals surface area contributed by atoms with Crippen molar-refractivity contribution in [1.82, 2.24) is 0 Å². The molecule has 0 aliphatic rings. The van der Waals surface area contributed by atoms with Gasteiger partial charge in [0.2, 0.25) is 0 Å². The van der Waals surface area contributed by atoms with Crippen molar-refractivity contribution in [1.29, 1.82) is 0 Å². The molecule has 1 heterocycles. The lowest BCUT2D eigenvalue weighted by Crippen LogP contribution is -2.09. The number of fused-ring (bicyclic) bond motifs is 3. The average Bonchev–Trinajstić information content (AvgIpc) is 3.17. The molecule has 4 aromatic carbocycles. The Labute approximate surface area is 176 Å². The largest absolute Gasteiger partial charge is 0.309 e. The van der Waals surface area contributed by atoms with Gasteiger partial charge in [-0.2, -0.15) is 0 Å². The Morgan fingerprint density at radius 2 is 1.21 bits per heavy atom. The van der Waals surface area contributed by atoms with E-state index in [1.807, 2.05) is 25.2 Å². The van der Waals surface area contributed by atoms with Gasteiger partial charge in [-0.1, -0.05) is 80.1 Å². The van der Waals surface area contributed by atoms with E-state index in [4.69, 9.17) is 0 Å². The Hall–Kier alpha value is -3.10. The van der Waals surface area contributed by atoms with Gasteiger partial charge in [0.15, 0.2) is 0 Å². The maximum atomic E-state index is 2.36. The highest BCUT2D eigenvalue weighted by Gasteiger charge is 2.17. The second-order valence-corrected chi connectivity index (χ2v) is 7.81. The van der Waals surface area contributed by atoms with Gasteiger partial charge in [0.1, 0.15) is 0 Å². The highest BCUT2D eigenvalue weighted by atomic mass is 32.1. The third-order valence-electron chi connectivity index (χ3n) is 4.93. The van der Waals surface area contributed by atoms with Crippen molar-refractivity contribution in [2.75, 3.05) is 4.90 Å². The predicted molar refractivity (Wildman–Crippen MR) is 130 cm³/mol. The predicted octanol–water partition coefficient (Wildman–Crippen LogP) is 8.86. The first-order chi connectivity index (χ1) is 14.3. The zero-order valence-corrected chi connectivity index (χ0v) is 17.9. The van der Waals surface area contributed by atoms with E-state index in [-0.39, 0.29) is 0 Å². The lowest BCUT2D eigenvalue weighted by atomic mass is 10.1. The fraction of sp³-hybridized carbons (Fsp3) is 0.111. The van der Waals surface area contributed by atoms with Crippen LogP contribution in [0.4, 0.5) is 17.1 Å². The van der Waals surface area contributed by atoms with Crippen LogP contribution in [0, 0.1) is 6.92 Å². The number of para-hydroxylation sites is 1. The minimum absolute atomic E-state index is 1.17.